The highest BCUT2D eigenvalue weighted by Gasteiger charge is 2.39. The number of rotatable bonds is 6. The highest BCUT2D eigenvalue weighted by atomic mass is 16.5. The summed E-state index contributed by atoms with van der Waals surface area (Å²) in [5.41, 5.74) is -0.161. The van der Waals surface area contributed by atoms with Crippen LogP contribution in [-0.4, -0.2) is 37.0 Å². The smallest absolute Gasteiger partial charge is 0.119 e. The first-order valence-corrected chi connectivity index (χ1v) is 6.88. The van der Waals surface area contributed by atoms with E-state index in [1.54, 1.807) is 7.11 Å². The first kappa shape index (κ1) is 14.2. The molecule has 0 spiro atoms. The number of ether oxygens (including phenoxy) is 2. The maximum absolute atomic E-state index is 9.57. The molecule has 1 aliphatic carbocycles. The predicted molar refractivity (Wildman–Crippen MR) is 74.8 cm³/mol. The van der Waals surface area contributed by atoms with Gasteiger partial charge in [-0.3, -0.25) is 0 Å². The number of aliphatic hydroxyl groups is 1. The maximum atomic E-state index is 9.57. The summed E-state index contributed by atoms with van der Waals surface area (Å²) >= 11 is 0. The van der Waals surface area contributed by atoms with E-state index in [-0.39, 0.29) is 18.2 Å². The summed E-state index contributed by atoms with van der Waals surface area (Å²) in [6.07, 6.45) is 2.95. The van der Waals surface area contributed by atoms with Crippen LogP contribution in [-0.2, 0) is 0 Å². The number of hydrogen-bond donors (Lipinski definition) is 2. The van der Waals surface area contributed by atoms with Crippen molar-refractivity contribution < 1.29 is 14.6 Å². The van der Waals surface area contributed by atoms with Gasteiger partial charge in [0.25, 0.3) is 0 Å². The molecule has 1 aromatic rings. The Kier molecular flexibility index (Phi) is 4.66. The van der Waals surface area contributed by atoms with Crippen molar-refractivity contribution in [1.29, 1.82) is 0 Å². The lowest BCUT2D eigenvalue weighted by molar-refractivity contribution is 0.142. The molecular weight excluding hydrogens is 242 g/mol. The molecule has 2 rings (SSSR count). The fraction of sp³-hybridized carbons (Fsp3) is 0.600. The number of likely N-dealkylation sites (N-methyl/N-ethyl adjacent to an activating group) is 1. The standard InChI is InChI=1S/C15H23NO3/c1-3-16-15(11-17)9-8-14(10-15)19-13-6-4-12(18-2)5-7-13/h4-7,14,16-17H,3,8-11H2,1-2H3. The first-order chi connectivity index (χ1) is 9.21. The molecular formula is C15H23NO3. The van der Waals surface area contributed by atoms with E-state index in [4.69, 9.17) is 9.47 Å². The van der Waals surface area contributed by atoms with Crippen LogP contribution >= 0.6 is 0 Å². The normalized spacial score (nSPS) is 26.4. The number of aliphatic hydroxyl groups excluding tert-OH is 1. The minimum atomic E-state index is -0.161. The first-order valence-electron chi connectivity index (χ1n) is 6.88. The van der Waals surface area contributed by atoms with E-state index in [0.717, 1.165) is 37.3 Å². The van der Waals surface area contributed by atoms with E-state index in [1.165, 1.54) is 0 Å². The van der Waals surface area contributed by atoms with Gasteiger partial charge in [0, 0.05) is 12.0 Å². The third-order valence-corrected chi connectivity index (χ3v) is 3.78. The summed E-state index contributed by atoms with van der Waals surface area (Å²) in [5.74, 6) is 1.69. The Morgan fingerprint density at radius 2 is 2.00 bits per heavy atom. The Bertz CT molecular complexity index is 393. The molecule has 0 aromatic heterocycles. The van der Waals surface area contributed by atoms with Gasteiger partial charge >= 0.3 is 0 Å². The molecule has 19 heavy (non-hydrogen) atoms. The zero-order valence-corrected chi connectivity index (χ0v) is 11.7. The summed E-state index contributed by atoms with van der Waals surface area (Å²) in [7, 11) is 1.65. The molecule has 0 radical (unpaired) electrons. The van der Waals surface area contributed by atoms with Crippen molar-refractivity contribution in [2.24, 2.45) is 0 Å². The van der Waals surface area contributed by atoms with Crippen LogP contribution in [0.5, 0.6) is 11.5 Å². The summed E-state index contributed by atoms with van der Waals surface area (Å²) in [5, 5.41) is 13.0. The molecule has 2 N–H and O–H groups in total. The molecule has 106 valence electrons. The van der Waals surface area contributed by atoms with Crippen molar-refractivity contribution in [2.45, 2.75) is 37.8 Å². The monoisotopic (exact) mass is 265 g/mol. The van der Waals surface area contributed by atoms with Gasteiger partial charge in [-0.05, 0) is 43.7 Å². The molecule has 1 fully saturated rings. The lowest BCUT2D eigenvalue weighted by atomic mass is 9.99. The van der Waals surface area contributed by atoms with Crippen molar-refractivity contribution in [3.63, 3.8) is 0 Å². The van der Waals surface area contributed by atoms with Crippen LogP contribution in [0.2, 0.25) is 0 Å². The summed E-state index contributed by atoms with van der Waals surface area (Å²) in [6, 6.07) is 7.64. The molecule has 0 amide bonds. The molecule has 1 aromatic carbocycles. The second-order valence-electron chi connectivity index (χ2n) is 5.13. The summed E-state index contributed by atoms with van der Waals surface area (Å²) in [4.78, 5) is 0. The Morgan fingerprint density at radius 3 is 2.58 bits per heavy atom. The van der Waals surface area contributed by atoms with E-state index in [1.807, 2.05) is 24.3 Å². The van der Waals surface area contributed by atoms with Crippen molar-refractivity contribution in [3.8, 4) is 11.5 Å². The Hall–Kier alpha value is -1.26. The fourth-order valence-electron chi connectivity index (χ4n) is 2.76. The maximum Gasteiger partial charge on any atom is 0.119 e. The van der Waals surface area contributed by atoms with E-state index in [0.29, 0.717) is 0 Å². The summed E-state index contributed by atoms with van der Waals surface area (Å²) in [6.45, 7) is 3.11. The number of methoxy groups -OCH3 is 1. The molecule has 4 nitrogen and oxygen atoms in total. The van der Waals surface area contributed by atoms with Crippen LogP contribution in [0.1, 0.15) is 26.2 Å². The third-order valence-electron chi connectivity index (χ3n) is 3.78. The Labute approximate surface area is 114 Å². The number of hydrogen-bond acceptors (Lipinski definition) is 4. The van der Waals surface area contributed by atoms with E-state index in [9.17, 15) is 5.11 Å². The fourth-order valence-corrected chi connectivity index (χ4v) is 2.76. The van der Waals surface area contributed by atoms with Gasteiger partial charge in [0.2, 0.25) is 0 Å². The highest BCUT2D eigenvalue weighted by Crippen LogP contribution is 2.32. The number of nitrogens with one attached hydrogen (secondary N) is 1. The molecule has 0 aliphatic heterocycles. The Balaban J connectivity index is 1.93. The Morgan fingerprint density at radius 1 is 1.32 bits per heavy atom. The third kappa shape index (κ3) is 3.39. The second-order valence-corrected chi connectivity index (χ2v) is 5.13. The number of benzene rings is 1. The van der Waals surface area contributed by atoms with Gasteiger partial charge in [-0.2, -0.15) is 0 Å². The van der Waals surface area contributed by atoms with E-state index < -0.39 is 0 Å². The lowest BCUT2D eigenvalue weighted by Gasteiger charge is -2.27. The minimum Gasteiger partial charge on any atom is -0.497 e. The van der Waals surface area contributed by atoms with Gasteiger partial charge in [0.15, 0.2) is 0 Å². The van der Waals surface area contributed by atoms with Gasteiger partial charge in [0.1, 0.15) is 17.6 Å². The van der Waals surface area contributed by atoms with E-state index >= 15 is 0 Å². The molecule has 1 aliphatic rings. The van der Waals surface area contributed by atoms with Gasteiger partial charge in [-0.1, -0.05) is 6.92 Å². The molecule has 0 bridgehead atoms. The van der Waals surface area contributed by atoms with Crippen molar-refractivity contribution in [1.82, 2.24) is 5.32 Å². The quantitative estimate of drug-likeness (QED) is 0.825. The van der Waals surface area contributed by atoms with Gasteiger partial charge in [-0.15, -0.1) is 0 Å². The lowest BCUT2D eigenvalue weighted by Crippen LogP contribution is -2.46. The van der Waals surface area contributed by atoms with Crippen LogP contribution in [0.3, 0.4) is 0 Å². The van der Waals surface area contributed by atoms with Crippen LogP contribution < -0.4 is 14.8 Å². The van der Waals surface area contributed by atoms with Crippen molar-refractivity contribution in [3.05, 3.63) is 24.3 Å². The van der Waals surface area contributed by atoms with Gasteiger partial charge in [0.05, 0.1) is 13.7 Å². The molecule has 1 saturated carbocycles. The molecule has 2 unspecified atom stereocenters. The van der Waals surface area contributed by atoms with E-state index in [2.05, 4.69) is 12.2 Å². The zero-order valence-electron chi connectivity index (χ0n) is 11.7. The molecule has 0 saturated heterocycles. The molecule has 4 heteroatoms. The highest BCUT2D eigenvalue weighted by molar-refractivity contribution is 5.31. The van der Waals surface area contributed by atoms with Crippen LogP contribution in [0.25, 0.3) is 0 Å². The van der Waals surface area contributed by atoms with Crippen LogP contribution in [0.4, 0.5) is 0 Å². The van der Waals surface area contributed by atoms with Crippen LogP contribution in [0, 0.1) is 0 Å². The van der Waals surface area contributed by atoms with Gasteiger partial charge in [-0.25, -0.2) is 0 Å². The molecule has 0 heterocycles. The molecule has 2 atom stereocenters. The van der Waals surface area contributed by atoms with Crippen LogP contribution in [0.15, 0.2) is 24.3 Å². The second kappa shape index (κ2) is 6.26. The largest absolute Gasteiger partial charge is 0.497 e. The topological polar surface area (TPSA) is 50.7 Å². The minimum absolute atomic E-state index is 0.161. The average Bonchev–Trinajstić information content (AvgIpc) is 2.84. The zero-order chi connectivity index (χ0) is 13.7. The average molecular weight is 265 g/mol. The predicted octanol–water partition coefficient (Wildman–Crippen LogP) is 1.97. The van der Waals surface area contributed by atoms with Crippen molar-refractivity contribution in [2.75, 3.05) is 20.3 Å². The van der Waals surface area contributed by atoms with Gasteiger partial charge < -0.3 is 19.9 Å². The SMILES string of the molecule is CCNC1(CO)CCC(Oc2ccc(OC)cc2)C1. The summed E-state index contributed by atoms with van der Waals surface area (Å²) < 4.78 is 11.1. The van der Waals surface area contributed by atoms with Crippen molar-refractivity contribution >= 4 is 0 Å².